The molecule has 0 aliphatic carbocycles. The second-order valence-corrected chi connectivity index (χ2v) is 9.99. The number of nitrogens with one attached hydrogen (secondary N) is 1. The predicted octanol–water partition coefficient (Wildman–Crippen LogP) is 1.62. The van der Waals surface area contributed by atoms with E-state index in [0.29, 0.717) is 0 Å². The minimum absolute atomic E-state index is 0.0254. The molecule has 0 aromatic carbocycles. The Morgan fingerprint density at radius 1 is 1.42 bits per heavy atom. The van der Waals surface area contributed by atoms with E-state index in [2.05, 4.69) is 15.4 Å². The van der Waals surface area contributed by atoms with E-state index in [0.717, 1.165) is 21.3 Å². The fraction of sp³-hybridized carbons (Fsp3) is 0.611. The van der Waals surface area contributed by atoms with Crippen molar-refractivity contribution in [3.63, 3.8) is 0 Å². The Morgan fingerprint density at radius 2 is 2.10 bits per heavy atom. The zero-order valence-electron chi connectivity index (χ0n) is 17.2. The zero-order chi connectivity index (χ0) is 23.1. The van der Waals surface area contributed by atoms with Gasteiger partial charge in [-0.05, 0) is 18.8 Å². The summed E-state index contributed by atoms with van der Waals surface area (Å²) in [6.45, 7) is 3.70. The summed E-state index contributed by atoms with van der Waals surface area (Å²) in [6.07, 6.45) is -3.29. The fourth-order valence-electron chi connectivity index (χ4n) is 3.69. The van der Waals surface area contributed by atoms with Crippen LogP contribution in [0.15, 0.2) is 6.20 Å². The van der Waals surface area contributed by atoms with Crippen molar-refractivity contribution in [1.82, 2.24) is 18.9 Å². The monoisotopic (exact) mass is 460 g/mol. The van der Waals surface area contributed by atoms with E-state index in [9.17, 15) is 32.0 Å². The molecule has 3 heterocycles. The standard InChI is InChI=1S/C18H23F3N6O3S/c1-10(2)6-13-11(7-22)16(18(19,20)21)14-8-23-17(25-27(13)14)24-12-4-5-26(9-15(12)28)31(3,29)30/h8,10,12,15,28H,4-6,9H2,1-3H3,(H,24,25)/t12-,15-/m1/s1. The van der Waals surface area contributed by atoms with Gasteiger partial charge >= 0.3 is 6.18 Å². The van der Waals surface area contributed by atoms with Gasteiger partial charge in [-0.3, -0.25) is 0 Å². The van der Waals surface area contributed by atoms with E-state index in [4.69, 9.17) is 0 Å². The molecule has 2 aromatic heterocycles. The van der Waals surface area contributed by atoms with Crippen LogP contribution in [0.1, 0.15) is 37.1 Å². The number of piperidine rings is 1. The maximum absolute atomic E-state index is 13.7. The highest BCUT2D eigenvalue weighted by molar-refractivity contribution is 7.88. The number of sulfonamides is 1. The number of aliphatic hydroxyl groups excluding tert-OH is 1. The van der Waals surface area contributed by atoms with Gasteiger partial charge in [-0.1, -0.05) is 13.8 Å². The van der Waals surface area contributed by atoms with E-state index in [-0.39, 0.29) is 49.0 Å². The maximum Gasteiger partial charge on any atom is 0.419 e. The van der Waals surface area contributed by atoms with Crippen molar-refractivity contribution in [3.05, 3.63) is 23.0 Å². The van der Waals surface area contributed by atoms with E-state index < -0.39 is 39.5 Å². The summed E-state index contributed by atoms with van der Waals surface area (Å²) in [5.41, 5.74) is -1.73. The summed E-state index contributed by atoms with van der Waals surface area (Å²) in [5, 5.41) is 26.8. The smallest absolute Gasteiger partial charge is 0.390 e. The minimum atomic E-state index is -4.75. The average Bonchev–Trinajstić information content (AvgIpc) is 2.95. The predicted molar refractivity (Wildman–Crippen MR) is 106 cm³/mol. The van der Waals surface area contributed by atoms with Gasteiger partial charge < -0.3 is 10.4 Å². The topological polar surface area (TPSA) is 124 Å². The van der Waals surface area contributed by atoms with Crippen LogP contribution < -0.4 is 5.32 Å². The first-order valence-corrected chi connectivity index (χ1v) is 11.4. The molecule has 2 N–H and O–H groups in total. The largest absolute Gasteiger partial charge is 0.419 e. The number of rotatable bonds is 5. The quantitative estimate of drug-likeness (QED) is 0.695. The Morgan fingerprint density at radius 3 is 2.61 bits per heavy atom. The number of β-amino-alcohol motifs (C(OH)–C–C–N with tert-alkyl or cyclic N) is 1. The number of halogens is 3. The van der Waals surface area contributed by atoms with Crippen LogP contribution in [0, 0.1) is 17.2 Å². The van der Waals surface area contributed by atoms with Crippen molar-refractivity contribution in [1.29, 1.82) is 5.26 Å². The first kappa shape index (κ1) is 23.2. The molecule has 170 valence electrons. The molecule has 9 nitrogen and oxygen atoms in total. The van der Waals surface area contributed by atoms with Gasteiger partial charge in [0.05, 0.1) is 41.4 Å². The molecule has 13 heteroatoms. The number of alkyl halides is 3. The molecule has 0 saturated carbocycles. The SMILES string of the molecule is CC(C)Cc1c(C#N)c(C(F)(F)F)c2cnc(N[C@@H]3CCN(S(C)(=O)=O)C[C@H]3O)nn12. The van der Waals surface area contributed by atoms with Gasteiger partial charge in [-0.2, -0.15) is 22.7 Å². The number of fused-ring (bicyclic) bond motifs is 1. The Labute approximate surface area is 177 Å². The molecular weight excluding hydrogens is 437 g/mol. The van der Waals surface area contributed by atoms with Crippen LogP contribution in [0.5, 0.6) is 0 Å². The third-order valence-corrected chi connectivity index (χ3v) is 6.38. The van der Waals surface area contributed by atoms with Crippen molar-refractivity contribution in [2.24, 2.45) is 5.92 Å². The van der Waals surface area contributed by atoms with Gasteiger partial charge in [0.15, 0.2) is 0 Å². The third kappa shape index (κ3) is 4.76. The van der Waals surface area contributed by atoms with Crippen molar-refractivity contribution in [2.45, 2.75) is 45.0 Å². The number of nitriles is 1. The van der Waals surface area contributed by atoms with Crippen molar-refractivity contribution in [2.75, 3.05) is 24.7 Å². The molecule has 0 unspecified atom stereocenters. The second-order valence-electron chi connectivity index (χ2n) is 8.01. The Kier molecular flexibility index (Phi) is 6.18. The van der Waals surface area contributed by atoms with Gasteiger partial charge in [0.25, 0.3) is 0 Å². The number of nitrogens with zero attached hydrogens (tertiary/aromatic N) is 5. The van der Waals surface area contributed by atoms with Crippen LogP contribution in [-0.4, -0.2) is 63.9 Å². The van der Waals surface area contributed by atoms with Crippen LogP contribution in [0.2, 0.25) is 0 Å². The number of aromatic nitrogens is 3. The van der Waals surface area contributed by atoms with Gasteiger partial charge in [-0.25, -0.2) is 17.9 Å². The fourth-order valence-corrected chi connectivity index (χ4v) is 4.55. The summed E-state index contributed by atoms with van der Waals surface area (Å²) in [6, 6.07) is 1.07. The van der Waals surface area contributed by atoms with Gasteiger partial charge in [0, 0.05) is 13.1 Å². The molecule has 0 bridgehead atoms. The summed E-state index contributed by atoms with van der Waals surface area (Å²) in [7, 11) is -3.45. The van der Waals surface area contributed by atoms with Crippen molar-refractivity contribution >= 4 is 21.5 Å². The average molecular weight is 460 g/mol. The van der Waals surface area contributed by atoms with Crippen LogP contribution in [0.3, 0.4) is 0 Å². The number of hydrogen-bond acceptors (Lipinski definition) is 7. The molecular formula is C18H23F3N6O3S. The van der Waals surface area contributed by atoms with Gasteiger partial charge in [0.1, 0.15) is 11.6 Å². The lowest BCUT2D eigenvalue weighted by atomic mass is 10.0. The number of anilines is 1. The minimum Gasteiger partial charge on any atom is -0.390 e. The zero-order valence-corrected chi connectivity index (χ0v) is 18.0. The molecule has 2 atom stereocenters. The molecule has 0 spiro atoms. The number of hydrogen-bond donors (Lipinski definition) is 2. The van der Waals surface area contributed by atoms with Crippen LogP contribution in [-0.2, 0) is 22.6 Å². The Bertz CT molecular complexity index is 1120. The Balaban J connectivity index is 1.98. The van der Waals surface area contributed by atoms with Gasteiger partial charge in [-0.15, -0.1) is 5.10 Å². The summed E-state index contributed by atoms with van der Waals surface area (Å²) in [5.74, 6) is -0.0534. The van der Waals surface area contributed by atoms with E-state index >= 15 is 0 Å². The molecule has 1 aliphatic heterocycles. The van der Waals surface area contributed by atoms with E-state index in [1.165, 1.54) is 0 Å². The number of aliphatic hydroxyl groups is 1. The summed E-state index contributed by atoms with van der Waals surface area (Å²) >= 11 is 0. The summed E-state index contributed by atoms with van der Waals surface area (Å²) in [4.78, 5) is 3.95. The lowest BCUT2D eigenvalue weighted by Gasteiger charge is -2.34. The van der Waals surface area contributed by atoms with Crippen LogP contribution in [0.4, 0.5) is 19.1 Å². The lowest BCUT2D eigenvalue weighted by Crippen LogP contribution is -2.51. The molecule has 0 amide bonds. The Hall–Kier alpha value is -2.43. The van der Waals surface area contributed by atoms with Crippen LogP contribution in [0.25, 0.3) is 5.52 Å². The molecule has 2 aromatic rings. The third-order valence-electron chi connectivity index (χ3n) is 5.11. The first-order chi connectivity index (χ1) is 14.3. The lowest BCUT2D eigenvalue weighted by molar-refractivity contribution is -0.136. The molecule has 1 aliphatic rings. The van der Waals surface area contributed by atoms with E-state index in [1.807, 2.05) is 13.8 Å². The highest BCUT2D eigenvalue weighted by Crippen LogP contribution is 2.38. The van der Waals surface area contributed by atoms with Crippen LogP contribution >= 0.6 is 0 Å². The van der Waals surface area contributed by atoms with Crippen molar-refractivity contribution < 1.29 is 26.7 Å². The molecule has 1 fully saturated rings. The first-order valence-electron chi connectivity index (χ1n) is 9.60. The van der Waals surface area contributed by atoms with E-state index in [1.54, 1.807) is 6.07 Å². The van der Waals surface area contributed by atoms with Gasteiger partial charge in [0.2, 0.25) is 16.0 Å². The highest BCUT2D eigenvalue weighted by Gasteiger charge is 2.40. The second kappa shape index (κ2) is 8.25. The molecule has 1 saturated heterocycles. The maximum atomic E-state index is 13.7. The molecule has 0 radical (unpaired) electrons. The summed E-state index contributed by atoms with van der Waals surface area (Å²) < 4.78 is 66.5. The molecule has 31 heavy (non-hydrogen) atoms. The molecule has 3 rings (SSSR count). The normalized spacial score (nSPS) is 20.9. The van der Waals surface area contributed by atoms with Crippen molar-refractivity contribution in [3.8, 4) is 6.07 Å². The highest BCUT2D eigenvalue weighted by atomic mass is 32.2.